The van der Waals surface area contributed by atoms with E-state index < -0.39 is 4.92 Å². The molecular weight excluding hydrogens is 250 g/mol. The summed E-state index contributed by atoms with van der Waals surface area (Å²) < 4.78 is 16.0. The maximum absolute atomic E-state index is 11.1. The minimum Gasteiger partial charge on any atom is -0.454 e. The van der Waals surface area contributed by atoms with Crippen molar-refractivity contribution in [2.75, 3.05) is 13.4 Å². The van der Waals surface area contributed by atoms with E-state index in [2.05, 4.69) is 0 Å². The zero-order valence-corrected chi connectivity index (χ0v) is 11.2. The minimum absolute atomic E-state index is 0.000469. The number of benzene rings is 1. The summed E-state index contributed by atoms with van der Waals surface area (Å²) in [6.07, 6.45) is -0.364. The van der Waals surface area contributed by atoms with Crippen LogP contribution in [0.4, 0.5) is 5.69 Å². The van der Waals surface area contributed by atoms with Crippen LogP contribution in [-0.2, 0) is 4.74 Å². The second-order valence-electron chi connectivity index (χ2n) is 4.89. The Morgan fingerprint density at radius 1 is 1.32 bits per heavy atom. The van der Waals surface area contributed by atoms with Crippen molar-refractivity contribution in [3.8, 4) is 11.5 Å². The summed E-state index contributed by atoms with van der Waals surface area (Å²) in [5.41, 5.74) is 0.510. The number of nitro groups is 1. The van der Waals surface area contributed by atoms with Crippen molar-refractivity contribution in [3.05, 3.63) is 27.8 Å². The predicted molar refractivity (Wildman–Crippen MR) is 68.4 cm³/mol. The zero-order chi connectivity index (χ0) is 14.0. The molecular formula is C13H17NO5. The van der Waals surface area contributed by atoms with Gasteiger partial charge in [-0.1, -0.05) is 13.8 Å². The van der Waals surface area contributed by atoms with Crippen molar-refractivity contribution in [1.82, 2.24) is 0 Å². The standard InChI is InChI=1S/C13H17NO5/c1-8(2)6-17-9(3)10-4-12-13(19-7-18-12)5-11(10)14(15)16/h4-5,8-9H,6-7H2,1-3H3. The molecule has 1 aliphatic heterocycles. The molecule has 0 radical (unpaired) electrons. The van der Waals surface area contributed by atoms with Gasteiger partial charge in [0.05, 0.1) is 22.7 Å². The number of nitro benzene ring substituents is 1. The molecule has 0 bridgehead atoms. The van der Waals surface area contributed by atoms with Gasteiger partial charge in [0.25, 0.3) is 5.69 Å². The molecule has 1 aromatic carbocycles. The van der Waals surface area contributed by atoms with Crippen molar-refractivity contribution in [1.29, 1.82) is 0 Å². The van der Waals surface area contributed by atoms with Crippen LogP contribution in [0.1, 0.15) is 32.4 Å². The monoisotopic (exact) mass is 267 g/mol. The van der Waals surface area contributed by atoms with Gasteiger partial charge in [0, 0.05) is 6.61 Å². The second kappa shape index (κ2) is 5.44. The van der Waals surface area contributed by atoms with Gasteiger partial charge in [-0.2, -0.15) is 0 Å². The molecule has 1 heterocycles. The highest BCUT2D eigenvalue weighted by Gasteiger charge is 2.26. The lowest BCUT2D eigenvalue weighted by atomic mass is 10.1. The topological polar surface area (TPSA) is 70.8 Å². The Balaban J connectivity index is 2.29. The summed E-state index contributed by atoms with van der Waals surface area (Å²) in [7, 11) is 0. The van der Waals surface area contributed by atoms with Crippen LogP contribution in [0, 0.1) is 16.0 Å². The fourth-order valence-corrected chi connectivity index (χ4v) is 1.86. The van der Waals surface area contributed by atoms with Gasteiger partial charge >= 0.3 is 0 Å². The first-order valence-electron chi connectivity index (χ1n) is 6.18. The van der Waals surface area contributed by atoms with E-state index in [1.807, 2.05) is 13.8 Å². The van der Waals surface area contributed by atoms with E-state index in [0.717, 1.165) is 0 Å². The molecule has 0 saturated carbocycles. The third-order valence-electron chi connectivity index (χ3n) is 2.84. The van der Waals surface area contributed by atoms with E-state index in [4.69, 9.17) is 14.2 Å². The lowest BCUT2D eigenvalue weighted by Crippen LogP contribution is -2.08. The first kappa shape index (κ1) is 13.6. The molecule has 0 spiro atoms. The van der Waals surface area contributed by atoms with E-state index in [-0.39, 0.29) is 18.6 Å². The highest BCUT2D eigenvalue weighted by molar-refractivity contribution is 5.55. The summed E-state index contributed by atoms with van der Waals surface area (Å²) in [4.78, 5) is 10.7. The van der Waals surface area contributed by atoms with E-state index >= 15 is 0 Å². The molecule has 1 aromatic rings. The van der Waals surface area contributed by atoms with Crippen molar-refractivity contribution >= 4 is 5.69 Å². The Hall–Kier alpha value is -1.82. The number of rotatable bonds is 5. The number of fused-ring (bicyclic) bond motifs is 1. The lowest BCUT2D eigenvalue weighted by molar-refractivity contribution is -0.386. The van der Waals surface area contributed by atoms with Crippen LogP contribution in [0.2, 0.25) is 0 Å². The summed E-state index contributed by atoms with van der Waals surface area (Å²) in [5, 5.41) is 11.1. The van der Waals surface area contributed by atoms with Gasteiger partial charge in [0.1, 0.15) is 0 Å². The predicted octanol–water partition coefficient (Wildman–Crippen LogP) is 3.06. The van der Waals surface area contributed by atoms with E-state index in [0.29, 0.717) is 29.6 Å². The van der Waals surface area contributed by atoms with Crippen molar-refractivity contribution in [3.63, 3.8) is 0 Å². The Labute approximate surface area is 111 Å². The Morgan fingerprint density at radius 3 is 2.53 bits per heavy atom. The van der Waals surface area contributed by atoms with E-state index in [1.165, 1.54) is 6.07 Å². The molecule has 1 atom stereocenters. The minimum atomic E-state index is -0.424. The molecule has 0 aliphatic carbocycles. The van der Waals surface area contributed by atoms with Crippen molar-refractivity contribution in [2.24, 2.45) is 5.92 Å². The van der Waals surface area contributed by atoms with Gasteiger partial charge in [-0.3, -0.25) is 10.1 Å². The molecule has 0 amide bonds. The van der Waals surface area contributed by atoms with Gasteiger partial charge in [-0.15, -0.1) is 0 Å². The van der Waals surface area contributed by atoms with E-state index in [1.54, 1.807) is 13.0 Å². The average Bonchev–Trinajstić information content (AvgIpc) is 2.81. The molecule has 0 saturated heterocycles. The second-order valence-corrected chi connectivity index (χ2v) is 4.89. The fourth-order valence-electron chi connectivity index (χ4n) is 1.86. The molecule has 2 rings (SSSR count). The average molecular weight is 267 g/mol. The van der Waals surface area contributed by atoms with Crippen LogP contribution < -0.4 is 9.47 Å². The molecule has 0 aromatic heterocycles. The molecule has 1 unspecified atom stereocenters. The Bertz CT molecular complexity index is 486. The first-order valence-corrected chi connectivity index (χ1v) is 6.18. The molecule has 0 N–H and O–H groups in total. The maximum atomic E-state index is 11.1. The largest absolute Gasteiger partial charge is 0.454 e. The third-order valence-corrected chi connectivity index (χ3v) is 2.84. The quantitative estimate of drug-likeness (QED) is 0.605. The molecule has 6 heteroatoms. The van der Waals surface area contributed by atoms with Crippen molar-refractivity contribution < 1.29 is 19.1 Å². The van der Waals surface area contributed by atoms with Crippen LogP contribution in [0.5, 0.6) is 11.5 Å². The molecule has 0 fully saturated rings. The van der Waals surface area contributed by atoms with Gasteiger partial charge in [-0.25, -0.2) is 0 Å². The van der Waals surface area contributed by atoms with Gasteiger partial charge in [-0.05, 0) is 18.9 Å². The first-order chi connectivity index (χ1) is 8.99. The van der Waals surface area contributed by atoms with Crippen molar-refractivity contribution in [2.45, 2.75) is 26.9 Å². The number of nitrogens with zero attached hydrogens (tertiary/aromatic N) is 1. The summed E-state index contributed by atoms with van der Waals surface area (Å²) in [6, 6.07) is 3.03. The number of hydrogen-bond donors (Lipinski definition) is 0. The summed E-state index contributed by atoms with van der Waals surface area (Å²) >= 11 is 0. The van der Waals surface area contributed by atoms with Crippen LogP contribution in [0.3, 0.4) is 0 Å². The molecule has 19 heavy (non-hydrogen) atoms. The molecule has 104 valence electrons. The van der Waals surface area contributed by atoms with Gasteiger partial charge in [0.2, 0.25) is 6.79 Å². The fraction of sp³-hybridized carbons (Fsp3) is 0.538. The smallest absolute Gasteiger partial charge is 0.279 e. The number of hydrogen-bond acceptors (Lipinski definition) is 5. The third kappa shape index (κ3) is 2.96. The zero-order valence-electron chi connectivity index (χ0n) is 11.2. The maximum Gasteiger partial charge on any atom is 0.279 e. The Kier molecular flexibility index (Phi) is 3.90. The van der Waals surface area contributed by atoms with Gasteiger partial charge in [0.15, 0.2) is 11.5 Å². The van der Waals surface area contributed by atoms with Crippen LogP contribution in [-0.4, -0.2) is 18.3 Å². The van der Waals surface area contributed by atoms with Crippen LogP contribution in [0.15, 0.2) is 12.1 Å². The van der Waals surface area contributed by atoms with Crippen LogP contribution in [0.25, 0.3) is 0 Å². The van der Waals surface area contributed by atoms with E-state index in [9.17, 15) is 10.1 Å². The normalized spacial score (nSPS) is 14.7. The highest BCUT2D eigenvalue weighted by Crippen LogP contribution is 2.40. The lowest BCUT2D eigenvalue weighted by Gasteiger charge is -2.15. The summed E-state index contributed by atoms with van der Waals surface area (Å²) in [6.45, 7) is 6.50. The summed E-state index contributed by atoms with van der Waals surface area (Å²) in [5.74, 6) is 1.31. The molecule has 1 aliphatic rings. The molecule has 6 nitrogen and oxygen atoms in total. The van der Waals surface area contributed by atoms with Crippen LogP contribution >= 0.6 is 0 Å². The SMILES string of the molecule is CC(C)COC(C)c1cc2c(cc1[N+](=O)[O-])OCO2. The highest BCUT2D eigenvalue weighted by atomic mass is 16.7. The number of ether oxygens (including phenoxy) is 3. The Morgan fingerprint density at radius 2 is 1.95 bits per heavy atom. The van der Waals surface area contributed by atoms with Gasteiger partial charge < -0.3 is 14.2 Å².